The molecule has 6 fully saturated rings. The minimum atomic E-state index is -2.50. The maximum atomic E-state index is 13.9. The predicted octanol–water partition coefficient (Wildman–Crippen LogP) is 8.96. The summed E-state index contributed by atoms with van der Waals surface area (Å²) in [7, 11) is 5.46. The summed E-state index contributed by atoms with van der Waals surface area (Å²) in [5, 5.41) is 101. The SMILES string of the molecule is CCOC(=O)CCc1cc2ccoc2c2c1O[C@@H]1O[C@@]3(CSS[C@]4(CC[C@]5(CC[C@H](CNC)C5)[C@H]4CC[C@]4(O)CC[C@H](Cc5ccc6ccccc6c5)C4)[C@H](CC[C@H](C)CCC[C@H]3O)NCCO2)[C@]2(O)C[C@@H]3C=C[C@H](O)[C@@H](CO)[C@H]3[C@@]1(O)[C@H]2O. The average Bonchev–Trinajstić information content (AvgIpc) is 0.752. The second-order valence-electron chi connectivity index (χ2n) is 27.2. The van der Waals surface area contributed by atoms with E-state index in [0.717, 1.165) is 90.0 Å². The Morgan fingerprint density at radius 1 is 0.881 bits per heavy atom. The predicted molar refractivity (Wildman–Crippen MR) is 327 cm³/mol. The fourth-order valence-corrected chi connectivity index (χ4v) is 22.5. The normalized spacial score (nSPS) is 40.6. The molecule has 5 aliphatic carbocycles. The van der Waals surface area contributed by atoms with Gasteiger partial charge in [0, 0.05) is 53.3 Å². The average molecular weight is 1200 g/mol. The largest absolute Gasteiger partial charge is 0.485 e. The number of carbonyl (C=O) groups excluding carboxylic acids is 1. The Bertz CT molecular complexity index is 3000. The lowest BCUT2D eigenvalue weighted by Gasteiger charge is -2.67. The van der Waals surface area contributed by atoms with Crippen molar-refractivity contribution in [1.82, 2.24) is 10.6 Å². The summed E-state index contributed by atoms with van der Waals surface area (Å²) >= 11 is 0. The standard InChI is InChI=1S/C67H92N2O13S2/c1-4-78-55(73)19-16-47-34-48-23-30-79-57(48)59-58(47)81-61-67(77)56-49(15-17-51(71)50(56)39-70)37-65(76,60(67)74)66(82-61)40-83-84-64(53(69-29-31-80-59)18-12-41(2)8-7-11-54(66)72)28-27-62(24-20-44(35-62)38-68-3)52(64)22-26-63(75)25-21-43(36-63)32-42-13-14-45-9-5-6-10-46(45)33-42/h5-6,9-10,13-15,17,23,30,33-34,41,43-44,49-54,56,60-61,68-72,74-77H,4,7-8,11-12,16,18-22,24-29,31-32,35-40H2,1-3H3/t41-,43-,44+,49+,50-,51+,52-,53+,54-,56+,60+,61-,62+,63-,64+,65+,66-,67-/m1/s1. The van der Waals surface area contributed by atoms with Crippen molar-refractivity contribution < 1.29 is 63.9 Å². The molecule has 0 amide bonds. The van der Waals surface area contributed by atoms with E-state index in [1.54, 1.807) is 36.1 Å². The molecule has 8 aliphatic rings. The number of rotatable bonds is 12. The van der Waals surface area contributed by atoms with Crippen molar-refractivity contribution in [2.75, 3.05) is 45.7 Å². The minimum absolute atomic E-state index is 0.000876. The zero-order chi connectivity index (χ0) is 58.7. The number of hydrogen-bond acceptors (Lipinski definition) is 17. The second kappa shape index (κ2) is 24.5. The number of hydrogen-bond donors (Lipinski definition) is 9. The number of furan rings is 1. The maximum Gasteiger partial charge on any atom is 0.306 e. The number of benzene rings is 3. The van der Waals surface area contributed by atoms with Gasteiger partial charge in [0.2, 0.25) is 12.0 Å². The summed E-state index contributed by atoms with van der Waals surface area (Å²) in [6.45, 7) is 5.23. The Kier molecular flexibility index (Phi) is 17.8. The Hall–Kier alpha value is -3.43. The van der Waals surface area contributed by atoms with Crippen molar-refractivity contribution >= 4 is 49.3 Å². The van der Waals surface area contributed by atoms with Crippen molar-refractivity contribution in [2.24, 2.45) is 46.8 Å². The Labute approximate surface area is 503 Å². The number of allylic oxidation sites excluding steroid dienone is 1. The monoisotopic (exact) mass is 1200 g/mol. The first-order chi connectivity index (χ1) is 40.5. The number of aliphatic hydroxyl groups is 7. The first-order valence-corrected chi connectivity index (χ1v) is 34.2. The van der Waals surface area contributed by atoms with Crippen molar-refractivity contribution in [3.8, 4) is 11.5 Å². The van der Waals surface area contributed by atoms with E-state index in [2.05, 4.69) is 67.1 Å². The highest BCUT2D eigenvalue weighted by Crippen LogP contribution is 2.69. The second-order valence-corrected chi connectivity index (χ2v) is 29.9. The summed E-state index contributed by atoms with van der Waals surface area (Å²) in [6, 6.07) is 18.9. The first-order valence-electron chi connectivity index (χ1n) is 31.8. The van der Waals surface area contributed by atoms with Gasteiger partial charge in [0.05, 0.1) is 30.7 Å². The highest BCUT2D eigenvalue weighted by atomic mass is 33.1. The number of nitrogens with one attached hydrogen (secondary N) is 2. The van der Waals surface area contributed by atoms with Gasteiger partial charge in [-0.05, 0) is 192 Å². The van der Waals surface area contributed by atoms with Gasteiger partial charge in [-0.1, -0.05) is 96.0 Å². The van der Waals surface area contributed by atoms with Gasteiger partial charge in [0.25, 0.3) is 0 Å². The molecule has 4 saturated carbocycles. The minimum Gasteiger partial charge on any atom is -0.485 e. The molecular weight excluding hydrogens is 1100 g/mol. The molecule has 84 heavy (non-hydrogen) atoms. The fraction of sp³-hybridized carbons (Fsp3) is 0.687. The van der Waals surface area contributed by atoms with Gasteiger partial charge in [0.1, 0.15) is 23.9 Å². The van der Waals surface area contributed by atoms with E-state index in [0.29, 0.717) is 47.8 Å². The number of aliphatic hydroxyl groups excluding tert-OH is 4. The highest BCUT2D eigenvalue weighted by molar-refractivity contribution is 8.77. The van der Waals surface area contributed by atoms with Gasteiger partial charge >= 0.3 is 5.97 Å². The lowest BCUT2D eigenvalue weighted by atomic mass is 9.50. The van der Waals surface area contributed by atoms with Crippen LogP contribution in [0.4, 0.5) is 0 Å². The van der Waals surface area contributed by atoms with Crippen LogP contribution in [-0.4, -0.2) is 145 Å². The number of ether oxygens (including phenoxy) is 4. The van der Waals surface area contributed by atoms with E-state index < -0.39 is 82.1 Å². The zero-order valence-electron chi connectivity index (χ0n) is 49.4. The molecule has 0 radical (unpaired) electrons. The van der Waals surface area contributed by atoms with Gasteiger partial charge < -0.3 is 69.7 Å². The van der Waals surface area contributed by atoms with Gasteiger partial charge in [0.15, 0.2) is 16.9 Å². The van der Waals surface area contributed by atoms with Crippen LogP contribution in [0.15, 0.2) is 77.4 Å². The van der Waals surface area contributed by atoms with E-state index >= 15 is 0 Å². The third-order valence-electron chi connectivity index (χ3n) is 22.4. The van der Waals surface area contributed by atoms with E-state index in [-0.39, 0.29) is 79.4 Å². The Balaban J connectivity index is 0.973. The third kappa shape index (κ3) is 10.9. The molecule has 0 unspecified atom stereocenters. The van der Waals surface area contributed by atoms with Crippen molar-refractivity contribution in [2.45, 2.75) is 194 Å². The zero-order valence-corrected chi connectivity index (χ0v) is 51.1. The molecule has 460 valence electrons. The molecular formula is C67H92N2O13S2. The van der Waals surface area contributed by atoms with E-state index in [4.69, 9.17) is 23.4 Å². The molecule has 15 nitrogen and oxygen atoms in total. The molecule has 3 spiro atoms. The van der Waals surface area contributed by atoms with Crippen LogP contribution >= 0.6 is 21.6 Å². The Morgan fingerprint density at radius 2 is 1.71 bits per heavy atom. The quantitative estimate of drug-likeness (QED) is 0.0366. The van der Waals surface area contributed by atoms with Gasteiger partial charge in [-0.3, -0.25) is 4.79 Å². The number of esters is 1. The van der Waals surface area contributed by atoms with Crippen molar-refractivity contribution in [3.63, 3.8) is 0 Å². The van der Waals surface area contributed by atoms with Gasteiger partial charge in [-0.25, -0.2) is 0 Å². The van der Waals surface area contributed by atoms with Crippen LogP contribution < -0.4 is 20.1 Å². The number of aryl methyl sites for hydroxylation is 1. The Morgan fingerprint density at radius 3 is 2.54 bits per heavy atom. The maximum absolute atomic E-state index is 13.9. The third-order valence-corrected chi connectivity index (χ3v) is 25.8. The summed E-state index contributed by atoms with van der Waals surface area (Å²) in [5.74, 6) is -1.61. The smallest absolute Gasteiger partial charge is 0.306 e. The topological polar surface area (TPSA) is 233 Å². The van der Waals surface area contributed by atoms with E-state index in [1.807, 2.05) is 22.9 Å². The molecule has 4 heterocycles. The summed E-state index contributed by atoms with van der Waals surface area (Å²) in [5.41, 5.74) is -5.41. The van der Waals surface area contributed by atoms with Crippen LogP contribution in [0.5, 0.6) is 11.5 Å². The molecule has 2 saturated heterocycles. The molecule has 1 aromatic heterocycles. The lowest BCUT2D eigenvalue weighted by molar-refractivity contribution is -0.424. The van der Waals surface area contributed by atoms with Crippen LogP contribution in [-0.2, 0) is 27.1 Å². The van der Waals surface area contributed by atoms with Crippen LogP contribution in [0.2, 0.25) is 0 Å². The van der Waals surface area contributed by atoms with Crippen LogP contribution in [0.25, 0.3) is 21.7 Å². The van der Waals surface area contributed by atoms with Crippen LogP contribution in [0.1, 0.15) is 134 Å². The van der Waals surface area contributed by atoms with Crippen molar-refractivity contribution in [3.05, 3.63) is 84.1 Å². The summed E-state index contributed by atoms with van der Waals surface area (Å²) < 4.78 is 32.8. The number of carbonyl (C=O) groups is 1. The molecule has 5 bridgehead atoms. The molecule has 9 N–H and O–H groups in total. The van der Waals surface area contributed by atoms with Crippen LogP contribution in [0.3, 0.4) is 0 Å². The fourth-order valence-electron chi connectivity index (χ4n) is 18.2. The summed E-state index contributed by atoms with van der Waals surface area (Å²) in [6.07, 6.45) is 12.0. The molecule has 3 aliphatic heterocycles. The highest BCUT2D eigenvalue weighted by Gasteiger charge is 2.78. The molecule has 4 aromatic rings. The van der Waals surface area contributed by atoms with Crippen LogP contribution in [0, 0.1) is 46.8 Å². The lowest BCUT2D eigenvalue weighted by Crippen LogP contribution is -2.86. The molecule has 18 atom stereocenters. The van der Waals surface area contributed by atoms with Gasteiger partial charge in [-0.15, -0.1) is 0 Å². The van der Waals surface area contributed by atoms with E-state index in [9.17, 15) is 40.5 Å². The van der Waals surface area contributed by atoms with Crippen molar-refractivity contribution in [1.29, 1.82) is 0 Å². The molecule has 17 heteroatoms. The summed E-state index contributed by atoms with van der Waals surface area (Å²) in [4.78, 5) is 13.1. The molecule has 12 rings (SSSR count). The van der Waals surface area contributed by atoms with Gasteiger partial charge in [-0.2, -0.15) is 0 Å². The number of fused-ring (bicyclic) bond motifs is 12. The first kappa shape index (κ1) is 60.8. The molecule has 3 aromatic carbocycles. The van der Waals surface area contributed by atoms with E-state index in [1.165, 1.54) is 16.3 Å².